The fourth-order valence-electron chi connectivity index (χ4n) is 1.70. The van der Waals surface area contributed by atoms with E-state index < -0.39 is 0 Å². The lowest BCUT2D eigenvalue weighted by Gasteiger charge is -2.16. The number of nitrogens with one attached hydrogen (secondary N) is 2. The maximum Gasteiger partial charge on any atom is 0.234 e. The minimum Gasteiger partial charge on any atom is -0.351 e. The number of likely N-dealkylation sites (N-methyl/N-ethyl adjacent to an activating group) is 1. The van der Waals surface area contributed by atoms with E-state index in [0.29, 0.717) is 13.1 Å². The predicted molar refractivity (Wildman–Crippen MR) is 74.3 cm³/mol. The zero-order chi connectivity index (χ0) is 13.2. The van der Waals surface area contributed by atoms with Crippen LogP contribution in [0.3, 0.4) is 0 Å². The molecule has 0 radical (unpaired) electrons. The van der Waals surface area contributed by atoms with Crippen LogP contribution in [0.25, 0.3) is 0 Å². The Bertz CT molecular complexity index is 340. The highest BCUT2D eigenvalue weighted by atomic mass is 16.2. The first kappa shape index (κ1) is 14.7. The maximum atomic E-state index is 11.7. The number of carbonyl (C=O) groups excluding carboxylic acids is 1. The van der Waals surface area contributed by atoms with Crippen LogP contribution in [0.2, 0.25) is 0 Å². The van der Waals surface area contributed by atoms with E-state index in [0.717, 1.165) is 25.1 Å². The Morgan fingerprint density at radius 2 is 2.00 bits per heavy atom. The third kappa shape index (κ3) is 6.37. The lowest BCUT2D eigenvalue weighted by molar-refractivity contribution is -0.122. The van der Waals surface area contributed by atoms with Gasteiger partial charge in [-0.3, -0.25) is 9.69 Å². The number of nitrogens with zero attached hydrogens (tertiary/aromatic N) is 1. The molecule has 2 N–H and O–H groups in total. The molecular weight excluding hydrogens is 226 g/mol. The molecule has 0 heterocycles. The van der Waals surface area contributed by atoms with Gasteiger partial charge in [0, 0.05) is 6.54 Å². The topological polar surface area (TPSA) is 44.4 Å². The van der Waals surface area contributed by atoms with E-state index in [4.69, 9.17) is 0 Å². The van der Waals surface area contributed by atoms with Crippen molar-refractivity contribution in [2.75, 3.05) is 33.7 Å². The Kier molecular flexibility index (Phi) is 7.06. The van der Waals surface area contributed by atoms with Crippen LogP contribution in [-0.4, -0.2) is 44.5 Å². The molecule has 4 heteroatoms. The number of carbonyl (C=O) groups is 1. The van der Waals surface area contributed by atoms with Gasteiger partial charge in [0.1, 0.15) is 0 Å². The summed E-state index contributed by atoms with van der Waals surface area (Å²) in [4.78, 5) is 13.7. The van der Waals surface area contributed by atoms with Gasteiger partial charge in [0.2, 0.25) is 5.91 Å². The van der Waals surface area contributed by atoms with Crippen molar-refractivity contribution < 1.29 is 4.79 Å². The molecule has 1 rings (SSSR count). The number of benzene rings is 1. The molecule has 4 nitrogen and oxygen atoms in total. The number of hydrogen-bond acceptors (Lipinski definition) is 3. The lowest BCUT2D eigenvalue weighted by atomic mass is 10.2. The molecule has 0 aliphatic heterocycles. The van der Waals surface area contributed by atoms with E-state index in [9.17, 15) is 4.79 Å². The lowest BCUT2D eigenvalue weighted by Crippen LogP contribution is -2.35. The molecule has 100 valence electrons. The van der Waals surface area contributed by atoms with Crippen LogP contribution in [0.5, 0.6) is 0 Å². The highest BCUT2D eigenvalue weighted by molar-refractivity contribution is 5.77. The zero-order valence-electron chi connectivity index (χ0n) is 11.3. The number of hydrogen-bond donors (Lipinski definition) is 2. The molecule has 0 aromatic heterocycles. The quantitative estimate of drug-likeness (QED) is 0.671. The predicted octanol–water partition coefficient (Wildman–Crippen LogP) is 0.844. The van der Waals surface area contributed by atoms with E-state index in [1.54, 1.807) is 0 Å². The van der Waals surface area contributed by atoms with Gasteiger partial charge in [-0.05, 0) is 39.2 Å². The first-order valence-corrected chi connectivity index (χ1v) is 6.36. The molecule has 0 bridgehead atoms. The van der Waals surface area contributed by atoms with Crippen LogP contribution in [0.4, 0.5) is 0 Å². The summed E-state index contributed by atoms with van der Waals surface area (Å²) in [6, 6.07) is 9.95. The summed E-state index contributed by atoms with van der Waals surface area (Å²) in [5.41, 5.74) is 1.13. The third-order valence-corrected chi connectivity index (χ3v) is 2.71. The number of rotatable bonds is 8. The minimum absolute atomic E-state index is 0.0748. The molecule has 0 saturated heterocycles. The minimum atomic E-state index is 0.0748. The number of amides is 1. The SMILES string of the molecule is CNCCCN(C)CC(=O)NCc1ccccc1. The van der Waals surface area contributed by atoms with Crippen molar-refractivity contribution in [3.63, 3.8) is 0 Å². The fourth-order valence-corrected chi connectivity index (χ4v) is 1.70. The van der Waals surface area contributed by atoms with Gasteiger partial charge >= 0.3 is 0 Å². The van der Waals surface area contributed by atoms with Crippen molar-refractivity contribution in [1.82, 2.24) is 15.5 Å². The van der Waals surface area contributed by atoms with Crippen molar-refractivity contribution >= 4 is 5.91 Å². The van der Waals surface area contributed by atoms with Crippen molar-refractivity contribution in [2.24, 2.45) is 0 Å². The Morgan fingerprint density at radius 1 is 1.28 bits per heavy atom. The molecule has 0 unspecified atom stereocenters. The molecule has 0 spiro atoms. The molecule has 0 fully saturated rings. The van der Waals surface area contributed by atoms with Gasteiger partial charge in [0.15, 0.2) is 0 Å². The van der Waals surface area contributed by atoms with Crippen LogP contribution in [0.15, 0.2) is 30.3 Å². The second kappa shape index (κ2) is 8.66. The van der Waals surface area contributed by atoms with Crippen molar-refractivity contribution in [2.45, 2.75) is 13.0 Å². The van der Waals surface area contributed by atoms with Gasteiger partial charge in [-0.2, -0.15) is 0 Å². The Morgan fingerprint density at radius 3 is 2.67 bits per heavy atom. The van der Waals surface area contributed by atoms with Crippen molar-refractivity contribution in [3.05, 3.63) is 35.9 Å². The first-order valence-electron chi connectivity index (χ1n) is 6.36. The molecule has 0 aliphatic carbocycles. The van der Waals surface area contributed by atoms with Gasteiger partial charge < -0.3 is 10.6 Å². The van der Waals surface area contributed by atoms with Crippen LogP contribution in [0, 0.1) is 0 Å². The molecule has 1 aromatic rings. The maximum absolute atomic E-state index is 11.7. The fraction of sp³-hybridized carbons (Fsp3) is 0.500. The van der Waals surface area contributed by atoms with Gasteiger partial charge in [0.25, 0.3) is 0 Å². The normalized spacial score (nSPS) is 10.6. The first-order chi connectivity index (χ1) is 8.72. The summed E-state index contributed by atoms with van der Waals surface area (Å²) < 4.78 is 0. The van der Waals surface area contributed by atoms with Gasteiger partial charge in [0.05, 0.1) is 6.54 Å². The van der Waals surface area contributed by atoms with Gasteiger partial charge in [-0.1, -0.05) is 30.3 Å². The van der Waals surface area contributed by atoms with E-state index in [1.807, 2.05) is 49.3 Å². The largest absolute Gasteiger partial charge is 0.351 e. The van der Waals surface area contributed by atoms with Crippen LogP contribution >= 0.6 is 0 Å². The summed E-state index contributed by atoms with van der Waals surface area (Å²) in [6.07, 6.45) is 1.05. The van der Waals surface area contributed by atoms with Crippen LogP contribution in [-0.2, 0) is 11.3 Å². The summed E-state index contributed by atoms with van der Waals surface area (Å²) in [5.74, 6) is 0.0748. The second-order valence-corrected chi connectivity index (χ2v) is 4.46. The summed E-state index contributed by atoms with van der Waals surface area (Å²) >= 11 is 0. The Labute approximate surface area is 109 Å². The highest BCUT2D eigenvalue weighted by Gasteiger charge is 2.05. The van der Waals surface area contributed by atoms with Crippen molar-refractivity contribution in [1.29, 1.82) is 0 Å². The molecule has 0 aliphatic rings. The van der Waals surface area contributed by atoms with Crippen molar-refractivity contribution in [3.8, 4) is 0 Å². The van der Waals surface area contributed by atoms with E-state index in [2.05, 4.69) is 10.6 Å². The molecule has 0 saturated carbocycles. The average Bonchev–Trinajstić information content (AvgIpc) is 2.38. The van der Waals surface area contributed by atoms with Gasteiger partial charge in [-0.15, -0.1) is 0 Å². The molecule has 1 aromatic carbocycles. The van der Waals surface area contributed by atoms with Crippen LogP contribution < -0.4 is 10.6 Å². The molecule has 1 amide bonds. The highest BCUT2D eigenvalue weighted by Crippen LogP contribution is 1.97. The third-order valence-electron chi connectivity index (χ3n) is 2.71. The standard InChI is InChI=1S/C14H23N3O/c1-15-9-6-10-17(2)12-14(18)16-11-13-7-4-3-5-8-13/h3-5,7-8,15H,6,9-12H2,1-2H3,(H,16,18). The molecule has 0 atom stereocenters. The molecular formula is C14H23N3O. The summed E-state index contributed by atoms with van der Waals surface area (Å²) in [7, 11) is 3.91. The van der Waals surface area contributed by atoms with Gasteiger partial charge in [-0.25, -0.2) is 0 Å². The zero-order valence-corrected chi connectivity index (χ0v) is 11.3. The molecule has 18 heavy (non-hydrogen) atoms. The Hall–Kier alpha value is -1.39. The summed E-state index contributed by atoms with van der Waals surface area (Å²) in [6.45, 7) is 2.97. The smallest absolute Gasteiger partial charge is 0.234 e. The second-order valence-electron chi connectivity index (χ2n) is 4.46. The van der Waals surface area contributed by atoms with E-state index in [-0.39, 0.29) is 5.91 Å². The van der Waals surface area contributed by atoms with Crippen LogP contribution in [0.1, 0.15) is 12.0 Å². The average molecular weight is 249 g/mol. The Balaban J connectivity index is 2.17. The summed E-state index contributed by atoms with van der Waals surface area (Å²) in [5, 5.41) is 6.02. The van der Waals surface area contributed by atoms with E-state index >= 15 is 0 Å². The monoisotopic (exact) mass is 249 g/mol. The van der Waals surface area contributed by atoms with E-state index in [1.165, 1.54) is 0 Å².